The van der Waals surface area contributed by atoms with Crippen molar-refractivity contribution in [2.45, 2.75) is 52.2 Å². The highest BCUT2D eigenvalue weighted by molar-refractivity contribution is 5.82. The molecule has 2 fully saturated rings. The van der Waals surface area contributed by atoms with Crippen molar-refractivity contribution in [2.75, 3.05) is 26.4 Å². The summed E-state index contributed by atoms with van der Waals surface area (Å²) in [4.78, 5) is 31.3. The van der Waals surface area contributed by atoms with Crippen molar-refractivity contribution in [2.24, 2.45) is 11.3 Å². The van der Waals surface area contributed by atoms with Gasteiger partial charge in [0.2, 0.25) is 0 Å². The zero-order valence-electron chi connectivity index (χ0n) is 17.1. The van der Waals surface area contributed by atoms with Gasteiger partial charge >= 0.3 is 12.1 Å². The van der Waals surface area contributed by atoms with Gasteiger partial charge in [0, 0.05) is 24.4 Å². The fourth-order valence-electron chi connectivity index (χ4n) is 3.60. The number of hydrogen-bond donors (Lipinski definition) is 0. The predicted molar refractivity (Wildman–Crippen MR) is 103 cm³/mol. The van der Waals surface area contributed by atoms with Gasteiger partial charge in [-0.25, -0.2) is 9.59 Å². The Morgan fingerprint density at radius 2 is 1.96 bits per heavy atom. The number of carbonyl (C=O) groups is 2. The van der Waals surface area contributed by atoms with Crippen LogP contribution in [0.4, 0.5) is 4.79 Å². The molecule has 3 rings (SSSR count). The van der Waals surface area contributed by atoms with E-state index in [0.29, 0.717) is 32.8 Å². The lowest BCUT2D eigenvalue weighted by atomic mass is 9.89. The molecule has 28 heavy (non-hydrogen) atoms. The summed E-state index contributed by atoms with van der Waals surface area (Å²) in [6.45, 7) is 9.43. The molecule has 7 nitrogen and oxygen atoms in total. The van der Waals surface area contributed by atoms with Crippen molar-refractivity contribution < 1.29 is 23.8 Å². The zero-order chi connectivity index (χ0) is 20.4. The standard InChI is InChI=1S/C21H30N2O5/c1-20(2,3)28-19(25)23-10-7-16(11-15-5-8-22-9-6-15)17(23)18(24)27-14-21(4)12-26-13-21/h5-6,8-9,16-17H,7,10-14H2,1-4H3/t16-,17+/m1/s1. The van der Waals surface area contributed by atoms with Gasteiger partial charge in [-0.2, -0.15) is 0 Å². The Morgan fingerprint density at radius 1 is 1.29 bits per heavy atom. The number of amides is 1. The second-order valence-electron chi connectivity index (χ2n) is 9.14. The molecule has 154 valence electrons. The molecule has 0 spiro atoms. The van der Waals surface area contributed by atoms with Gasteiger partial charge in [-0.05, 0) is 57.2 Å². The molecule has 1 aromatic heterocycles. The molecule has 0 radical (unpaired) electrons. The lowest BCUT2D eigenvalue weighted by molar-refractivity contribution is -0.170. The number of carbonyl (C=O) groups excluding carboxylic acids is 2. The van der Waals surface area contributed by atoms with Crippen LogP contribution in [0.25, 0.3) is 0 Å². The molecular formula is C21H30N2O5. The first-order valence-electron chi connectivity index (χ1n) is 9.80. The number of pyridine rings is 1. The van der Waals surface area contributed by atoms with Crippen LogP contribution in [-0.4, -0.2) is 60.0 Å². The summed E-state index contributed by atoms with van der Waals surface area (Å²) >= 11 is 0. The average Bonchev–Trinajstić information content (AvgIpc) is 3.01. The van der Waals surface area contributed by atoms with E-state index in [1.165, 1.54) is 4.90 Å². The molecule has 0 N–H and O–H groups in total. The maximum Gasteiger partial charge on any atom is 0.411 e. The first-order chi connectivity index (χ1) is 13.2. The Balaban J connectivity index is 1.73. The highest BCUT2D eigenvalue weighted by Gasteiger charge is 2.45. The van der Waals surface area contributed by atoms with Gasteiger partial charge in [0.05, 0.1) is 13.2 Å². The van der Waals surface area contributed by atoms with E-state index in [1.807, 2.05) is 39.8 Å². The number of esters is 1. The molecular weight excluding hydrogens is 360 g/mol. The van der Waals surface area contributed by atoms with Crippen LogP contribution in [-0.2, 0) is 25.4 Å². The van der Waals surface area contributed by atoms with Crippen LogP contribution in [0.2, 0.25) is 0 Å². The van der Waals surface area contributed by atoms with Gasteiger partial charge in [0.1, 0.15) is 18.2 Å². The molecule has 0 bridgehead atoms. The third kappa shape index (κ3) is 5.01. The van der Waals surface area contributed by atoms with Gasteiger partial charge in [0.25, 0.3) is 0 Å². The largest absolute Gasteiger partial charge is 0.463 e. The fraction of sp³-hybridized carbons (Fsp3) is 0.667. The molecule has 1 amide bonds. The Bertz CT molecular complexity index is 696. The summed E-state index contributed by atoms with van der Waals surface area (Å²) in [6.07, 6.45) is 4.41. The van der Waals surface area contributed by atoms with Crippen LogP contribution in [0.1, 0.15) is 39.7 Å². The second-order valence-corrected chi connectivity index (χ2v) is 9.14. The van der Waals surface area contributed by atoms with E-state index in [2.05, 4.69) is 4.98 Å². The molecule has 1 aromatic rings. The Morgan fingerprint density at radius 3 is 2.54 bits per heavy atom. The van der Waals surface area contributed by atoms with Gasteiger partial charge in [-0.3, -0.25) is 9.88 Å². The van der Waals surface area contributed by atoms with Gasteiger partial charge < -0.3 is 14.2 Å². The lowest BCUT2D eigenvalue weighted by Gasteiger charge is -2.38. The molecule has 2 atom stereocenters. The highest BCUT2D eigenvalue weighted by atomic mass is 16.6. The average molecular weight is 390 g/mol. The first kappa shape index (κ1) is 20.6. The topological polar surface area (TPSA) is 78.0 Å². The summed E-state index contributed by atoms with van der Waals surface area (Å²) in [7, 11) is 0. The normalized spacial score (nSPS) is 23.8. The van der Waals surface area contributed by atoms with E-state index in [0.717, 1.165) is 12.0 Å². The van der Waals surface area contributed by atoms with E-state index < -0.39 is 17.7 Å². The van der Waals surface area contributed by atoms with Crippen LogP contribution >= 0.6 is 0 Å². The quantitative estimate of drug-likeness (QED) is 0.720. The smallest absolute Gasteiger partial charge is 0.411 e. The van der Waals surface area contributed by atoms with Crippen molar-refractivity contribution in [3.05, 3.63) is 30.1 Å². The first-order valence-corrected chi connectivity index (χ1v) is 9.80. The monoisotopic (exact) mass is 390 g/mol. The number of hydrogen-bond acceptors (Lipinski definition) is 6. The van der Waals surface area contributed by atoms with Gasteiger partial charge in [-0.1, -0.05) is 6.92 Å². The second kappa shape index (κ2) is 8.07. The third-order valence-corrected chi connectivity index (χ3v) is 5.10. The van der Waals surface area contributed by atoms with Crippen molar-refractivity contribution >= 4 is 12.1 Å². The van der Waals surface area contributed by atoms with Crippen LogP contribution in [0.3, 0.4) is 0 Å². The van der Waals surface area contributed by atoms with Crippen molar-refractivity contribution in [3.8, 4) is 0 Å². The van der Waals surface area contributed by atoms with Crippen LogP contribution < -0.4 is 0 Å². The van der Waals surface area contributed by atoms with E-state index in [4.69, 9.17) is 14.2 Å². The molecule has 0 aromatic carbocycles. The highest BCUT2D eigenvalue weighted by Crippen LogP contribution is 2.32. The van der Waals surface area contributed by atoms with E-state index in [-0.39, 0.29) is 17.3 Å². The molecule has 0 aliphatic carbocycles. The summed E-state index contributed by atoms with van der Waals surface area (Å²) in [5.41, 5.74) is 0.333. The molecule has 2 saturated heterocycles. The van der Waals surface area contributed by atoms with Crippen molar-refractivity contribution in [1.29, 1.82) is 0 Å². The Kier molecular flexibility index (Phi) is 5.93. The predicted octanol–water partition coefficient (Wildman–Crippen LogP) is 2.83. The third-order valence-electron chi connectivity index (χ3n) is 5.10. The molecule has 0 unspecified atom stereocenters. The van der Waals surface area contributed by atoms with Gasteiger partial charge in [-0.15, -0.1) is 0 Å². The molecule has 2 aliphatic heterocycles. The van der Waals surface area contributed by atoms with E-state index in [1.54, 1.807) is 12.4 Å². The minimum absolute atomic E-state index is 0.0205. The summed E-state index contributed by atoms with van der Waals surface area (Å²) < 4.78 is 16.4. The minimum Gasteiger partial charge on any atom is -0.463 e. The van der Waals surface area contributed by atoms with E-state index in [9.17, 15) is 9.59 Å². The van der Waals surface area contributed by atoms with Crippen LogP contribution in [0, 0.1) is 11.3 Å². The summed E-state index contributed by atoms with van der Waals surface area (Å²) in [5, 5.41) is 0. The number of aromatic nitrogens is 1. The summed E-state index contributed by atoms with van der Waals surface area (Å²) in [5.74, 6) is -0.386. The van der Waals surface area contributed by atoms with E-state index >= 15 is 0 Å². The van der Waals surface area contributed by atoms with Crippen LogP contribution in [0.5, 0.6) is 0 Å². The maximum atomic E-state index is 13.0. The molecule has 0 saturated carbocycles. The number of likely N-dealkylation sites (tertiary alicyclic amines) is 1. The van der Waals surface area contributed by atoms with Gasteiger partial charge in [0.15, 0.2) is 0 Å². The number of nitrogens with zero attached hydrogens (tertiary/aromatic N) is 2. The lowest BCUT2D eigenvalue weighted by Crippen LogP contribution is -2.49. The van der Waals surface area contributed by atoms with Crippen molar-refractivity contribution in [3.63, 3.8) is 0 Å². The number of ether oxygens (including phenoxy) is 3. The van der Waals surface area contributed by atoms with Crippen LogP contribution in [0.15, 0.2) is 24.5 Å². The van der Waals surface area contributed by atoms with Crippen molar-refractivity contribution in [1.82, 2.24) is 9.88 Å². The minimum atomic E-state index is -0.646. The maximum absolute atomic E-state index is 13.0. The fourth-order valence-corrected chi connectivity index (χ4v) is 3.60. The summed E-state index contributed by atoms with van der Waals surface area (Å²) in [6, 6.07) is 3.23. The number of rotatable bonds is 5. The Hall–Kier alpha value is -2.15. The molecule has 2 aliphatic rings. The SMILES string of the molecule is CC1(COC(=O)[C@@H]2[C@@H](Cc3ccncc3)CCN2C(=O)OC(C)(C)C)COC1. The molecule has 7 heteroatoms. The molecule has 3 heterocycles. The zero-order valence-corrected chi connectivity index (χ0v) is 17.1. The Labute approximate surface area is 166 Å².